The summed E-state index contributed by atoms with van der Waals surface area (Å²) in [6.45, 7) is 4.36. The molecule has 4 heteroatoms. The van der Waals surface area contributed by atoms with E-state index in [9.17, 15) is 4.79 Å². The van der Waals surface area contributed by atoms with Crippen molar-refractivity contribution >= 4 is 33.0 Å². The number of Topliss-reactive ketones (excluding diaryl/α,β-unsaturated/α-hetero) is 1. The van der Waals surface area contributed by atoms with Crippen LogP contribution in [0.2, 0.25) is 0 Å². The molecule has 2 aromatic rings. The molecule has 0 saturated heterocycles. The summed E-state index contributed by atoms with van der Waals surface area (Å²) in [5, 5.41) is 1.88. The molecule has 0 N–H and O–H groups in total. The Hall–Kier alpha value is -1.13. The first-order valence-electron chi connectivity index (χ1n) is 6.07. The van der Waals surface area contributed by atoms with Crippen molar-refractivity contribution in [2.45, 2.75) is 19.8 Å². The maximum atomic E-state index is 11.9. The molecule has 19 heavy (non-hydrogen) atoms. The van der Waals surface area contributed by atoms with Gasteiger partial charge in [-0.3, -0.25) is 4.79 Å². The Labute approximate surface area is 125 Å². The molecule has 0 unspecified atom stereocenters. The average molecular weight is 339 g/mol. The highest BCUT2D eigenvalue weighted by atomic mass is 79.9. The minimum absolute atomic E-state index is 0.00480. The van der Waals surface area contributed by atoms with Crippen molar-refractivity contribution in [2.24, 2.45) is 0 Å². The van der Waals surface area contributed by atoms with Gasteiger partial charge in [0.15, 0.2) is 6.61 Å². The molecule has 0 aliphatic carbocycles. The third-order valence-corrected chi connectivity index (χ3v) is 4.67. The lowest BCUT2D eigenvalue weighted by atomic mass is 10.0. The van der Waals surface area contributed by atoms with Crippen LogP contribution >= 0.6 is 27.3 Å². The maximum absolute atomic E-state index is 11.9. The minimum atomic E-state index is -0.00480. The molecule has 0 atom stereocenters. The molecule has 1 aromatic carbocycles. The minimum Gasteiger partial charge on any atom is -0.485 e. The number of halogens is 1. The van der Waals surface area contributed by atoms with Gasteiger partial charge in [0, 0.05) is 4.47 Å². The number of hydrogen-bond donors (Lipinski definition) is 0. The van der Waals surface area contributed by atoms with Crippen LogP contribution in [0.5, 0.6) is 5.75 Å². The summed E-state index contributed by atoms with van der Waals surface area (Å²) < 4.78 is 6.35. The lowest BCUT2D eigenvalue weighted by molar-refractivity contribution is 0.0925. The number of ketones is 1. The van der Waals surface area contributed by atoms with E-state index in [1.54, 1.807) is 0 Å². The van der Waals surface area contributed by atoms with E-state index in [1.807, 2.05) is 35.7 Å². The molecule has 1 aromatic heterocycles. The van der Waals surface area contributed by atoms with E-state index < -0.39 is 0 Å². The zero-order valence-electron chi connectivity index (χ0n) is 10.9. The Bertz CT molecular complexity index is 558. The maximum Gasteiger partial charge on any atom is 0.211 e. The highest BCUT2D eigenvalue weighted by Crippen LogP contribution is 2.24. The molecule has 100 valence electrons. The number of carbonyl (C=O) groups is 1. The molecule has 0 fully saturated rings. The van der Waals surface area contributed by atoms with Crippen molar-refractivity contribution in [3.8, 4) is 5.75 Å². The Morgan fingerprint density at radius 2 is 1.95 bits per heavy atom. The van der Waals surface area contributed by atoms with Gasteiger partial charge >= 0.3 is 0 Å². The van der Waals surface area contributed by atoms with Gasteiger partial charge in [-0.05, 0) is 51.0 Å². The molecular weight excluding hydrogens is 324 g/mol. The van der Waals surface area contributed by atoms with Gasteiger partial charge in [0.25, 0.3) is 0 Å². The predicted molar refractivity (Wildman–Crippen MR) is 82.4 cm³/mol. The topological polar surface area (TPSA) is 26.3 Å². The number of benzene rings is 1. The molecule has 0 saturated carbocycles. The van der Waals surface area contributed by atoms with Crippen molar-refractivity contribution in [3.63, 3.8) is 0 Å². The smallest absolute Gasteiger partial charge is 0.211 e. The second kappa shape index (κ2) is 6.35. The molecule has 0 bridgehead atoms. The van der Waals surface area contributed by atoms with Crippen LogP contribution in [0, 0.1) is 0 Å². The van der Waals surface area contributed by atoms with E-state index in [-0.39, 0.29) is 12.4 Å². The fourth-order valence-corrected chi connectivity index (χ4v) is 3.18. The Balaban J connectivity index is 1.95. The Kier molecular flexibility index (Phi) is 4.77. The molecule has 2 nitrogen and oxygen atoms in total. The van der Waals surface area contributed by atoms with Gasteiger partial charge in [-0.25, -0.2) is 0 Å². The van der Waals surface area contributed by atoms with Gasteiger partial charge in [-0.2, -0.15) is 0 Å². The SMILES string of the molecule is CC(C)c1ccc(OCC(=O)c2sccc2Br)cc1. The average Bonchev–Trinajstić information content (AvgIpc) is 2.83. The molecule has 1 heterocycles. The summed E-state index contributed by atoms with van der Waals surface area (Å²) in [6, 6.07) is 9.75. The third-order valence-electron chi connectivity index (χ3n) is 2.79. The van der Waals surface area contributed by atoms with E-state index in [0.29, 0.717) is 10.8 Å². The van der Waals surface area contributed by atoms with Crippen molar-refractivity contribution in [1.29, 1.82) is 0 Å². The fraction of sp³-hybridized carbons (Fsp3) is 0.267. The van der Waals surface area contributed by atoms with E-state index >= 15 is 0 Å². The third kappa shape index (κ3) is 3.67. The van der Waals surface area contributed by atoms with E-state index in [1.165, 1.54) is 16.9 Å². The van der Waals surface area contributed by atoms with Crippen molar-refractivity contribution in [1.82, 2.24) is 0 Å². The molecular formula is C15H15BrO2S. The number of rotatable bonds is 5. The predicted octanol–water partition coefficient (Wildman–Crippen LogP) is 4.90. The first-order chi connectivity index (χ1) is 9.08. The highest BCUT2D eigenvalue weighted by molar-refractivity contribution is 9.10. The van der Waals surface area contributed by atoms with Crippen molar-refractivity contribution in [2.75, 3.05) is 6.61 Å². The van der Waals surface area contributed by atoms with Crippen LogP contribution in [-0.4, -0.2) is 12.4 Å². The molecule has 0 aliphatic heterocycles. The highest BCUT2D eigenvalue weighted by Gasteiger charge is 2.12. The molecule has 0 amide bonds. The van der Waals surface area contributed by atoms with Gasteiger partial charge in [0.05, 0.1) is 4.88 Å². The quantitative estimate of drug-likeness (QED) is 0.725. The summed E-state index contributed by atoms with van der Waals surface area (Å²) in [6.07, 6.45) is 0. The molecule has 0 aliphatic rings. The Morgan fingerprint density at radius 1 is 1.26 bits per heavy atom. The van der Waals surface area contributed by atoms with Crippen LogP contribution in [0.4, 0.5) is 0 Å². The lowest BCUT2D eigenvalue weighted by Gasteiger charge is -2.08. The van der Waals surface area contributed by atoms with Gasteiger partial charge in [0.2, 0.25) is 5.78 Å². The van der Waals surface area contributed by atoms with Crippen molar-refractivity contribution in [3.05, 3.63) is 50.6 Å². The van der Waals surface area contributed by atoms with Gasteiger partial charge in [-0.1, -0.05) is 26.0 Å². The van der Waals surface area contributed by atoms with Gasteiger partial charge in [-0.15, -0.1) is 11.3 Å². The van der Waals surface area contributed by atoms with Crippen LogP contribution in [-0.2, 0) is 0 Å². The Morgan fingerprint density at radius 3 is 2.47 bits per heavy atom. The second-order valence-corrected chi connectivity index (χ2v) is 6.30. The first-order valence-corrected chi connectivity index (χ1v) is 7.74. The zero-order chi connectivity index (χ0) is 13.8. The monoisotopic (exact) mass is 338 g/mol. The normalized spacial score (nSPS) is 10.7. The second-order valence-electron chi connectivity index (χ2n) is 4.53. The van der Waals surface area contributed by atoms with Crippen LogP contribution in [0.3, 0.4) is 0 Å². The van der Waals surface area contributed by atoms with Crippen LogP contribution in [0.25, 0.3) is 0 Å². The molecule has 0 radical (unpaired) electrons. The summed E-state index contributed by atoms with van der Waals surface area (Å²) in [5.74, 6) is 1.22. The van der Waals surface area contributed by atoms with E-state index in [2.05, 4.69) is 29.8 Å². The molecule has 0 spiro atoms. The lowest BCUT2D eigenvalue weighted by Crippen LogP contribution is -2.10. The van der Waals surface area contributed by atoms with Crippen LogP contribution < -0.4 is 4.74 Å². The first kappa shape index (κ1) is 14.3. The fourth-order valence-electron chi connectivity index (χ4n) is 1.66. The summed E-state index contributed by atoms with van der Waals surface area (Å²) in [5.41, 5.74) is 1.26. The molecule has 2 rings (SSSR count). The number of hydrogen-bond acceptors (Lipinski definition) is 3. The number of carbonyl (C=O) groups excluding carboxylic acids is 1. The summed E-state index contributed by atoms with van der Waals surface area (Å²) >= 11 is 4.78. The summed E-state index contributed by atoms with van der Waals surface area (Å²) in [4.78, 5) is 12.6. The van der Waals surface area contributed by atoms with Crippen LogP contribution in [0.1, 0.15) is 35.0 Å². The van der Waals surface area contributed by atoms with E-state index in [4.69, 9.17) is 4.74 Å². The number of thiophene rings is 1. The standard InChI is InChI=1S/C15H15BrO2S/c1-10(2)11-3-5-12(6-4-11)18-9-14(17)15-13(16)7-8-19-15/h3-8,10H,9H2,1-2H3. The largest absolute Gasteiger partial charge is 0.485 e. The zero-order valence-corrected chi connectivity index (χ0v) is 13.3. The van der Waals surface area contributed by atoms with Gasteiger partial charge < -0.3 is 4.74 Å². The van der Waals surface area contributed by atoms with E-state index in [0.717, 1.165) is 10.2 Å². The summed E-state index contributed by atoms with van der Waals surface area (Å²) in [7, 11) is 0. The van der Waals surface area contributed by atoms with Gasteiger partial charge in [0.1, 0.15) is 5.75 Å². The number of ether oxygens (including phenoxy) is 1. The van der Waals surface area contributed by atoms with Crippen LogP contribution in [0.15, 0.2) is 40.2 Å². The van der Waals surface area contributed by atoms with Crippen molar-refractivity contribution < 1.29 is 9.53 Å².